The maximum absolute atomic E-state index is 12.9. The Morgan fingerprint density at radius 2 is 1.96 bits per heavy atom. The van der Waals surface area contributed by atoms with E-state index in [1.165, 1.54) is 13.2 Å². The minimum absolute atomic E-state index is 0.121. The number of anilines is 1. The standard InChI is InChI=1S/C19H16F3N3O3/c1-18(2)12-6-4-5-10(16(26)27-3)11(12)9-25(18)17-24-15-13(28-17)7-8-14(23-15)19(20,21)22/h4-8H,9H2,1-3H3. The average Bonchev–Trinajstić information content (AvgIpc) is 3.17. The number of alkyl halides is 3. The molecule has 1 aromatic carbocycles. The van der Waals surface area contributed by atoms with Gasteiger partial charge in [-0.05, 0) is 43.2 Å². The van der Waals surface area contributed by atoms with E-state index in [2.05, 4.69) is 9.97 Å². The number of esters is 1. The summed E-state index contributed by atoms with van der Waals surface area (Å²) in [7, 11) is 1.31. The zero-order valence-electron chi connectivity index (χ0n) is 15.3. The van der Waals surface area contributed by atoms with Gasteiger partial charge >= 0.3 is 18.2 Å². The fraction of sp³-hybridized carbons (Fsp3) is 0.316. The summed E-state index contributed by atoms with van der Waals surface area (Å²) in [5.41, 5.74) is 0.494. The molecule has 1 aliphatic heterocycles. The molecule has 0 fully saturated rings. The Labute approximate surface area is 157 Å². The summed E-state index contributed by atoms with van der Waals surface area (Å²) >= 11 is 0. The van der Waals surface area contributed by atoms with Crippen molar-refractivity contribution in [2.24, 2.45) is 0 Å². The molecule has 0 atom stereocenters. The van der Waals surface area contributed by atoms with Gasteiger partial charge in [0.2, 0.25) is 5.65 Å². The highest BCUT2D eigenvalue weighted by Gasteiger charge is 2.42. The largest absolute Gasteiger partial charge is 0.465 e. The molecule has 0 amide bonds. The lowest BCUT2D eigenvalue weighted by molar-refractivity contribution is -0.141. The van der Waals surface area contributed by atoms with Crippen LogP contribution in [0.5, 0.6) is 0 Å². The van der Waals surface area contributed by atoms with Crippen molar-refractivity contribution in [1.29, 1.82) is 0 Å². The van der Waals surface area contributed by atoms with Crippen LogP contribution in [0.4, 0.5) is 19.2 Å². The molecule has 3 aromatic rings. The van der Waals surface area contributed by atoms with Crippen molar-refractivity contribution >= 4 is 23.2 Å². The Bertz CT molecular complexity index is 1090. The molecule has 0 bridgehead atoms. The lowest BCUT2D eigenvalue weighted by Gasteiger charge is -2.30. The van der Waals surface area contributed by atoms with E-state index in [0.717, 1.165) is 17.2 Å². The second-order valence-corrected chi connectivity index (χ2v) is 6.98. The van der Waals surface area contributed by atoms with E-state index >= 15 is 0 Å². The predicted octanol–water partition coefficient (Wildman–Crippen LogP) is 4.28. The zero-order valence-corrected chi connectivity index (χ0v) is 15.3. The lowest BCUT2D eigenvalue weighted by Crippen LogP contribution is -2.35. The monoisotopic (exact) mass is 391 g/mol. The number of aromatic nitrogens is 2. The average molecular weight is 391 g/mol. The smallest absolute Gasteiger partial charge is 0.433 e. The summed E-state index contributed by atoms with van der Waals surface area (Å²) < 4.78 is 49.2. The van der Waals surface area contributed by atoms with E-state index in [0.29, 0.717) is 12.1 Å². The molecule has 3 heterocycles. The molecule has 0 saturated heterocycles. The van der Waals surface area contributed by atoms with Gasteiger partial charge < -0.3 is 14.1 Å². The Morgan fingerprint density at radius 1 is 1.21 bits per heavy atom. The SMILES string of the molecule is COC(=O)c1cccc2c1CN(c1nc3nc(C(F)(F)F)ccc3o1)C2(C)C. The quantitative estimate of drug-likeness (QED) is 0.608. The molecular formula is C19H16F3N3O3. The molecule has 0 spiro atoms. The minimum atomic E-state index is -4.56. The van der Waals surface area contributed by atoms with Crippen LogP contribution in [0.25, 0.3) is 11.2 Å². The van der Waals surface area contributed by atoms with Crippen LogP contribution in [0.3, 0.4) is 0 Å². The Kier molecular flexibility index (Phi) is 3.88. The third kappa shape index (κ3) is 2.69. The molecule has 0 radical (unpaired) electrons. The number of oxazole rings is 1. The molecule has 146 valence electrons. The highest BCUT2D eigenvalue weighted by Crippen LogP contribution is 2.43. The van der Waals surface area contributed by atoms with Crippen LogP contribution in [0, 0.1) is 0 Å². The topological polar surface area (TPSA) is 68.5 Å². The first kappa shape index (κ1) is 18.3. The second kappa shape index (κ2) is 5.95. The normalized spacial score (nSPS) is 15.7. The van der Waals surface area contributed by atoms with Gasteiger partial charge in [0, 0.05) is 6.54 Å². The number of hydrogen-bond acceptors (Lipinski definition) is 6. The van der Waals surface area contributed by atoms with Gasteiger partial charge in [-0.2, -0.15) is 18.2 Å². The molecule has 0 aliphatic carbocycles. The third-order valence-corrected chi connectivity index (χ3v) is 4.99. The summed E-state index contributed by atoms with van der Waals surface area (Å²) in [5.74, 6) is -0.455. The van der Waals surface area contributed by atoms with Gasteiger partial charge in [-0.25, -0.2) is 9.78 Å². The first-order valence-electron chi connectivity index (χ1n) is 8.46. The lowest BCUT2D eigenvalue weighted by atomic mass is 9.92. The highest BCUT2D eigenvalue weighted by molar-refractivity contribution is 5.92. The van der Waals surface area contributed by atoms with Crippen LogP contribution in [0.1, 0.15) is 41.0 Å². The van der Waals surface area contributed by atoms with Crippen molar-refractivity contribution in [2.45, 2.75) is 32.1 Å². The zero-order chi connectivity index (χ0) is 20.3. The van der Waals surface area contributed by atoms with Crippen LogP contribution in [-0.4, -0.2) is 23.0 Å². The number of benzene rings is 1. The van der Waals surface area contributed by atoms with Crippen molar-refractivity contribution in [3.63, 3.8) is 0 Å². The molecular weight excluding hydrogens is 375 g/mol. The summed E-state index contributed by atoms with van der Waals surface area (Å²) in [6.45, 7) is 4.14. The van der Waals surface area contributed by atoms with Crippen LogP contribution < -0.4 is 4.90 Å². The van der Waals surface area contributed by atoms with Crippen LogP contribution in [0.2, 0.25) is 0 Å². The van der Waals surface area contributed by atoms with Crippen molar-refractivity contribution in [1.82, 2.24) is 9.97 Å². The third-order valence-electron chi connectivity index (χ3n) is 4.99. The fourth-order valence-electron chi connectivity index (χ4n) is 3.52. The summed E-state index contributed by atoms with van der Waals surface area (Å²) in [4.78, 5) is 21.6. The molecule has 28 heavy (non-hydrogen) atoms. The number of nitrogens with zero attached hydrogens (tertiary/aromatic N) is 3. The number of ether oxygens (including phenoxy) is 1. The van der Waals surface area contributed by atoms with Crippen molar-refractivity contribution in [3.8, 4) is 0 Å². The van der Waals surface area contributed by atoms with Crippen LogP contribution >= 0.6 is 0 Å². The number of pyridine rings is 1. The number of carbonyl (C=O) groups excluding carboxylic acids is 1. The first-order valence-corrected chi connectivity index (χ1v) is 8.46. The number of halogens is 3. The van der Waals surface area contributed by atoms with Crippen LogP contribution in [-0.2, 0) is 23.0 Å². The van der Waals surface area contributed by atoms with Crippen molar-refractivity contribution in [3.05, 3.63) is 52.7 Å². The molecule has 6 nitrogen and oxygen atoms in total. The number of hydrogen-bond donors (Lipinski definition) is 0. The highest BCUT2D eigenvalue weighted by atomic mass is 19.4. The van der Waals surface area contributed by atoms with Crippen molar-refractivity contribution < 1.29 is 27.1 Å². The van der Waals surface area contributed by atoms with E-state index in [9.17, 15) is 18.0 Å². The maximum Gasteiger partial charge on any atom is 0.433 e. The predicted molar refractivity (Wildman–Crippen MR) is 93.8 cm³/mol. The summed E-state index contributed by atoms with van der Waals surface area (Å²) in [6.07, 6.45) is -4.56. The fourth-order valence-corrected chi connectivity index (χ4v) is 3.52. The number of rotatable bonds is 2. The van der Waals surface area contributed by atoms with Gasteiger partial charge in [-0.3, -0.25) is 0 Å². The molecule has 0 N–H and O–H groups in total. The number of methoxy groups -OCH3 is 1. The molecule has 1 aliphatic rings. The van der Waals surface area contributed by atoms with E-state index in [4.69, 9.17) is 9.15 Å². The van der Waals surface area contributed by atoms with E-state index < -0.39 is 23.4 Å². The number of fused-ring (bicyclic) bond motifs is 2. The molecule has 4 rings (SSSR count). The van der Waals surface area contributed by atoms with Gasteiger partial charge in [0.15, 0.2) is 5.58 Å². The summed E-state index contributed by atoms with van der Waals surface area (Å²) in [5, 5.41) is 0. The molecule has 2 aromatic heterocycles. The second-order valence-electron chi connectivity index (χ2n) is 6.98. The molecule has 9 heteroatoms. The van der Waals surface area contributed by atoms with Gasteiger partial charge in [0.1, 0.15) is 5.69 Å². The molecule has 0 unspecified atom stereocenters. The summed E-state index contributed by atoms with van der Waals surface area (Å²) in [6, 6.07) is 7.53. The Hall–Kier alpha value is -3.10. The van der Waals surface area contributed by atoms with E-state index in [-0.39, 0.29) is 17.2 Å². The Morgan fingerprint density at radius 3 is 2.64 bits per heavy atom. The van der Waals surface area contributed by atoms with E-state index in [1.807, 2.05) is 19.9 Å². The molecule has 0 saturated carbocycles. The minimum Gasteiger partial charge on any atom is -0.465 e. The Balaban J connectivity index is 1.79. The number of carbonyl (C=O) groups is 1. The first-order chi connectivity index (χ1) is 13.1. The van der Waals surface area contributed by atoms with Gasteiger partial charge in [0.25, 0.3) is 0 Å². The van der Waals surface area contributed by atoms with Crippen molar-refractivity contribution in [2.75, 3.05) is 12.0 Å². The van der Waals surface area contributed by atoms with Gasteiger partial charge in [0.05, 0.1) is 18.2 Å². The van der Waals surface area contributed by atoms with Crippen LogP contribution in [0.15, 0.2) is 34.7 Å². The van der Waals surface area contributed by atoms with Gasteiger partial charge in [-0.1, -0.05) is 12.1 Å². The van der Waals surface area contributed by atoms with Gasteiger partial charge in [-0.15, -0.1) is 0 Å². The maximum atomic E-state index is 12.9. The van der Waals surface area contributed by atoms with E-state index in [1.54, 1.807) is 17.0 Å².